The van der Waals surface area contributed by atoms with Crippen LogP contribution in [0.3, 0.4) is 0 Å². The highest BCUT2D eigenvalue weighted by atomic mass is 35.5. The largest absolute Gasteiger partial charge is 0.352 e. The number of carbonyl (C=O) groups is 2. The SMILES string of the molecule is CCC(C)NC(=O)C(Cc1ccccc1)N(Cc1ccc(Cl)c(Cl)c1)C(=O)CN(c1ccccc1Cl)S(C)(=O)=O. The van der Waals surface area contributed by atoms with Crippen LogP contribution in [0.1, 0.15) is 31.4 Å². The summed E-state index contributed by atoms with van der Waals surface area (Å²) in [6.45, 7) is 3.25. The second kappa shape index (κ2) is 14.2. The Hall–Kier alpha value is -2.78. The summed E-state index contributed by atoms with van der Waals surface area (Å²) >= 11 is 18.7. The highest BCUT2D eigenvalue weighted by molar-refractivity contribution is 7.92. The number of benzene rings is 3. The molecule has 2 amide bonds. The second-order valence-electron chi connectivity index (χ2n) is 9.51. The summed E-state index contributed by atoms with van der Waals surface area (Å²) in [6.07, 6.45) is 1.91. The standard InChI is InChI=1S/C29H32Cl3N3O4S/c1-4-20(2)33-29(37)27(17-21-10-6-5-7-11-21)34(18-22-14-15-23(30)25(32)16-22)28(36)19-35(40(3,38)39)26-13-9-8-12-24(26)31/h5-16,20,27H,4,17-19H2,1-3H3,(H,33,37). The topological polar surface area (TPSA) is 86.8 Å². The predicted octanol–water partition coefficient (Wildman–Crippen LogP) is 5.97. The van der Waals surface area contributed by atoms with Crippen molar-refractivity contribution < 1.29 is 18.0 Å². The van der Waals surface area contributed by atoms with Gasteiger partial charge in [-0.2, -0.15) is 0 Å². The number of hydrogen-bond donors (Lipinski definition) is 1. The summed E-state index contributed by atoms with van der Waals surface area (Å²) in [5, 5.41) is 3.80. The predicted molar refractivity (Wildman–Crippen MR) is 162 cm³/mol. The summed E-state index contributed by atoms with van der Waals surface area (Å²) in [6, 6.07) is 19.5. The number of rotatable bonds is 12. The van der Waals surface area contributed by atoms with Gasteiger partial charge in [-0.3, -0.25) is 13.9 Å². The minimum atomic E-state index is -3.92. The number of nitrogens with zero attached hydrogens (tertiary/aromatic N) is 2. The molecule has 0 aliphatic rings. The van der Waals surface area contributed by atoms with Gasteiger partial charge in [0.05, 0.1) is 27.0 Å². The van der Waals surface area contributed by atoms with Gasteiger partial charge >= 0.3 is 0 Å². The number of amides is 2. The molecule has 0 saturated heterocycles. The zero-order chi connectivity index (χ0) is 29.4. The summed E-state index contributed by atoms with van der Waals surface area (Å²) < 4.78 is 26.6. The number of anilines is 1. The van der Waals surface area contributed by atoms with E-state index in [1.165, 1.54) is 11.0 Å². The maximum Gasteiger partial charge on any atom is 0.244 e. The molecule has 40 heavy (non-hydrogen) atoms. The van der Waals surface area contributed by atoms with E-state index >= 15 is 0 Å². The number of nitrogens with one attached hydrogen (secondary N) is 1. The summed E-state index contributed by atoms with van der Waals surface area (Å²) in [7, 11) is -3.92. The molecule has 3 aromatic rings. The van der Waals surface area contributed by atoms with E-state index in [2.05, 4.69) is 5.32 Å². The normalized spacial score (nSPS) is 12.8. The number of para-hydroxylation sites is 1. The van der Waals surface area contributed by atoms with Crippen LogP contribution in [0.15, 0.2) is 72.8 Å². The van der Waals surface area contributed by atoms with Gasteiger partial charge in [0.2, 0.25) is 21.8 Å². The summed E-state index contributed by atoms with van der Waals surface area (Å²) in [5.41, 5.74) is 1.63. The highest BCUT2D eigenvalue weighted by Crippen LogP contribution is 2.28. The van der Waals surface area contributed by atoms with Crippen LogP contribution in [0.4, 0.5) is 5.69 Å². The number of halogens is 3. The first-order valence-corrected chi connectivity index (χ1v) is 15.7. The molecular weight excluding hydrogens is 593 g/mol. The average molecular weight is 625 g/mol. The molecule has 11 heteroatoms. The van der Waals surface area contributed by atoms with Gasteiger partial charge in [-0.05, 0) is 48.7 Å². The fourth-order valence-corrected chi connectivity index (χ4v) is 5.55. The van der Waals surface area contributed by atoms with E-state index in [-0.39, 0.29) is 35.6 Å². The lowest BCUT2D eigenvalue weighted by molar-refractivity contribution is -0.140. The lowest BCUT2D eigenvalue weighted by Gasteiger charge is -2.34. The molecule has 0 fully saturated rings. The Morgan fingerprint density at radius 2 is 1.52 bits per heavy atom. The Bertz CT molecular complexity index is 1440. The van der Waals surface area contributed by atoms with Crippen LogP contribution in [0.25, 0.3) is 0 Å². The van der Waals surface area contributed by atoms with E-state index in [1.807, 2.05) is 44.2 Å². The first kappa shape index (κ1) is 31.7. The van der Waals surface area contributed by atoms with Gasteiger partial charge in [0.1, 0.15) is 12.6 Å². The molecular formula is C29H32Cl3N3O4S. The fraction of sp³-hybridized carbons (Fsp3) is 0.310. The van der Waals surface area contributed by atoms with Gasteiger partial charge in [0.25, 0.3) is 0 Å². The van der Waals surface area contributed by atoms with E-state index < -0.39 is 28.5 Å². The van der Waals surface area contributed by atoms with Gasteiger partial charge in [-0.25, -0.2) is 8.42 Å². The smallest absolute Gasteiger partial charge is 0.244 e. The van der Waals surface area contributed by atoms with Crippen LogP contribution in [-0.2, 0) is 32.6 Å². The molecule has 0 aliphatic heterocycles. The number of sulfonamides is 1. The van der Waals surface area contributed by atoms with E-state index in [4.69, 9.17) is 34.8 Å². The Labute approximate surface area is 251 Å². The van der Waals surface area contributed by atoms with Crippen LogP contribution in [-0.4, -0.2) is 50.0 Å². The molecule has 0 bridgehead atoms. The highest BCUT2D eigenvalue weighted by Gasteiger charge is 2.34. The quantitative estimate of drug-likeness (QED) is 0.269. The van der Waals surface area contributed by atoms with Crippen molar-refractivity contribution in [2.75, 3.05) is 17.1 Å². The van der Waals surface area contributed by atoms with Crippen LogP contribution < -0.4 is 9.62 Å². The molecule has 0 spiro atoms. The molecule has 0 saturated carbocycles. The monoisotopic (exact) mass is 623 g/mol. The number of carbonyl (C=O) groups excluding carboxylic acids is 2. The van der Waals surface area contributed by atoms with Crippen LogP contribution in [0, 0.1) is 0 Å². The Kier molecular flexibility index (Phi) is 11.3. The minimum Gasteiger partial charge on any atom is -0.352 e. The third-order valence-electron chi connectivity index (χ3n) is 6.41. The summed E-state index contributed by atoms with van der Waals surface area (Å²) in [4.78, 5) is 29.1. The van der Waals surface area contributed by atoms with E-state index in [0.29, 0.717) is 22.0 Å². The molecule has 2 atom stereocenters. The first-order valence-electron chi connectivity index (χ1n) is 12.7. The van der Waals surface area contributed by atoms with Crippen molar-refractivity contribution in [1.82, 2.24) is 10.2 Å². The minimum absolute atomic E-state index is 0.0126. The van der Waals surface area contributed by atoms with Crippen molar-refractivity contribution in [3.05, 3.63) is 99.0 Å². The average Bonchev–Trinajstić information content (AvgIpc) is 2.91. The maximum absolute atomic E-state index is 14.1. The molecule has 2 unspecified atom stereocenters. The third-order valence-corrected chi connectivity index (χ3v) is 8.59. The van der Waals surface area contributed by atoms with Crippen molar-refractivity contribution >= 4 is 62.3 Å². The van der Waals surface area contributed by atoms with Crippen LogP contribution in [0.5, 0.6) is 0 Å². The molecule has 0 aliphatic carbocycles. The maximum atomic E-state index is 14.1. The molecule has 1 N–H and O–H groups in total. The fourth-order valence-electron chi connectivity index (χ4n) is 4.08. The Balaban J connectivity index is 2.09. The summed E-state index contributed by atoms with van der Waals surface area (Å²) in [5.74, 6) is -0.938. The Morgan fingerprint density at radius 3 is 2.12 bits per heavy atom. The van der Waals surface area contributed by atoms with Crippen molar-refractivity contribution in [1.29, 1.82) is 0 Å². The van der Waals surface area contributed by atoms with Gasteiger partial charge in [0, 0.05) is 19.0 Å². The van der Waals surface area contributed by atoms with E-state index in [1.54, 1.807) is 36.4 Å². The lowest BCUT2D eigenvalue weighted by Crippen LogP contribution is -2.54. The first-order chi connectivity index (χ1) is 18.9. The van der Waals surface area contributed by atoms with Crippen LogP contribution in [0.2, 0.25) is 15.1 Å². The van der Waals surface area contributed by atoms with Crippen molar-refractivity contribution in [2.45, 2.75) is 45.3 Å². The van der Waals surface area contributed by atoms with Crippen molar-refractivity contribution in [2.24, 2.45) is 0 Å². The van der Waals surface area contributed by atoms with Crippen LogP contribution >= 0.6 is 34.8 Å². The molecule has 0 aromatic heterocycles. The van der Waals surface area contributed by atoms with Crippen molar-refractivity contribution in [3.63, 3.8) is 0 Å². The number of hydrogen-bond acceptors (Lipinski definition) is 4. The molecule has 3 aromatic carbocycles. The molecule has 0 radical (unpaired) electrons. The zero-order valence-electron chi connectivity index (χ0n) is 22.5. The molecule has 7 nitrogen and oxygen atoms in total. The molecule has 3 rings (SSSR count). The molecule has 0 heterocycles. The van der Waals surface area contributed by atoms with Gasteiger partial charge < -0.3 is 10.2 Å². The van der Waals surface area contributed by atoms with Gasteiger partial charge in [-0.1, -0.05) is 90.3 Å². The lowest BCUT2D eigenvalue weighted by atomic mass is 10.0. The van der Waals surface area contributed by atoms with E-state index in [0.717, 1.165) is 16.1 Å². The second-order valence-corrected chi connectivity index (χ2v) is 12.6. The third kappa shape index (κ3) is 8.61. The molecule has 214 valence electrons. The van der Waals surface area contributed by atoms with Gasteiger partial charge in [0.15, 0.2) is 0 Å². The van der Waals surface area contributed by atoms with E-state index in [9.17, 15) is 18.0 Å². The Morgan fingerprint density at radius 1 is 0.875 bits per heavy atom. The zero-order valence-corrected chi connectivity index (χ0v) is 25.6. The van der Waals surface area contributed by atoms with Gasteiger partial charge in [-0.15, -0.1) is 0 Å². The van der Waals surface area contributed by atoms with Crippen molar-refractivity contribution in [3.8, 4) is 0 Å².